The SMILES string of the molecule is Cc1ccccc1CSc1cc(C#N)ccc1N. The number of hydrogen-bond donors (Lipinski definition) is 1. The van der Waals surface area contributed by atoms with Crippen molar-refractivity contribution in [1.82, 2.24) is 0 Å². The zero-order valence-electron chi connectivity index (χ0n) is 10.2. The van der Waals surface area contributed by atoms with E-state index in [0.29, 0.717) is 5.56 Å². The summed E-state index contributed by atoms with van der Waals surface area (Å²) in [5.74, 6) is 0.867. The Morgan fingerprint density at radius 1 is 1.22 bits per heavy atom. The summed E-state index contributed by atoms with van der Waals surface area (Å²) < 4.78 is 0. The molecule has 90 valence electrons. The highest BCUT2D eigenvalue weighted by molar-refractivity contribution is 7.98. The first-order chi connectivity index (χ1) is 8.70. The van der Waals surface area contributed by atoms with Gasteiger partial charge in [0.1, 0.15) is 0 Å². The highest BCUT2D eigenvalue weighted by Gasteiger charge is 2.04. The molecule has 2 aromatic carbocycles. The number of nitrogen functional groups attached to an aromatic ring is 1. The van der Waals surface area contributed by atoms with Crippen LogP contribution < -0.4 is 5.73 Å². The van der Waals surface area contributed by atoms with Gasteiger partial charge in [-0.2, -0.15) is 5.26 Å². The molecule has 0 aliphatic carbocycles. The van der Waals surface area contributed by atoms with Gasteiger partial charge < -0.3 is 5.73 Å². The molecule has 0 unspecified atom stereocenters. The minimum Gasteiger partial charge on any atom is -0.398 e. The fourth-order valence-electron chi connectivity index (χ4n) is 1.66. The largest absolute Gasteiger partial charge is 0.398 e. The molecule has 2 N–H and O–H groups in total. The van der Waals surface area contributed by atoms with Crippen molar-refractivity contribution in [3.63, 3.8) is 0 Å². The van der Waals surface area contributed by atoms with Crippen LogP contribution >= 0.6 is 11.8 Å². The predicted octanol–water partition coefficient (Wildman–Crippen LogP) is 3.74. The van der Waals surface area contributed by atoms with Gasteiger partial charge in [0, 0.05) is 16.3 Å². The zero-order chi connectivity index (χ0) is 13.0. The van der Waals surface area contributed by atoms with Crippen LogP contribution in [-0.2, 0) is 5.75 Å². The predicted molar refractivity (Wildman–Crippen MR) is 76.3 cm³/mol. The van der Waals surface area contributed by atoms with Gasteiger partial charge in [0.05, 0.1) is 11.6 Å². The van der Waals surface area contributed by atoms with Gasteiger partial charge in [-0.3, -0.25) is 0 Å². The van der Waals surface area contributed by atoms with E-state index in [1.165, 1.54) is 11.1 Å². The van der Waals surface area contributed by atoms with Crippen LogP contribution in [0.1, 0.15) is 16.7 Å². The number of benzene rings is 2. The minimum atomic E-state index is 0.650. The van der Waals surface area contributed by atoms with Gasteiger partial charge in [0.15, 0.2) is 0 Å². The summed E-state index contributed by atoms with van der Waals surface area (Å²) in [7, 11) is 0. The average Bonchev–Trinajstić information content (AvgIpc) is 2.39. The smallest absolute Gasteiger partial charge is 0.0992 e. The number of aryl methyl sites for hydroxylation is 1. The molecule has 2 nitrogen and oxygen atoms in total. The van der Waals surface area contributed by atoms with Gasteiger partial charge in [-0.1, -0.05) is 24.3 Å². The Labute approximate surface area is 111 Å². The van der Waals surface area contributed by atoms with E-state index in [1.807, 2.05) is 18.2 Å². The molecule has 0 spiro atoms. The first kappa shape index (κ1) is 12.5. The Bertz CT molecular complexity index is 600. The third-order valence-electron chi connectivity index (χ3n) is 2.79. The third-order valence-corrected chi connectivity index (χ3v) is 3.91. The molecule has 2 aromatic rings. The standard InChI is InChI=1S/C15H14N2S/c1-11-4-2-3-5-13(11)10-18-15-8-12(9-16)6-7-14(15)17/h2-8H,10,17H2,1H3. The lowest BCUT2D eigenvalue weighted by molar-refractivity contribution is 1.30. The van der Waals surface area contributed by atoms with Gasteiger partial charge in [-0.05, 0) is 36.2 Å². The van der Waals surface area contributed by atoms with Crippen molar-refractivity contribution in [2.75, 3.05) is 5.73 Å². The molecule has 3 heteroatoms. The van der Waals surface area contributed by atoms with Gasteiger partial charge in [0.2, 0.25) is 0 Å². The molecule has 0 amide bonds. The molecular weight excluding hydrogens is 240 g/mol. The maximum absolute atomic E-state index is 8.88. The first-order valence-corrected chi connectivity index (χ1v) is 6.66. The molecule has 0 aliphatic heterocycles. The van der Waals surface area contributed by atoms with Gasteiger partial charge >= 0.3 is 0 Å². The van der Waals surface area contributed by atoms with Crippen LogP contribution in [0.25, 0.3) is 0 Å². The van der Waals surface area contributed by atoms with E-state index in [0.717, 1.165) is 16.3 Å². The summed E-state index contributed by atoms with van der Waals surface area (Å²) in [6.45, 7) is 2.10. The number of hydrogen-bond acceptors (Lipinski definition) is 3. The van der Waals surface area contributed by atoms with E-state index < -0.39 is 0 Å². The fourth-order valence-corrected chi connectivity index (χ4v) is 2.74. The highest BCUT2D eigenvalue weighted by atomic mass is 32.2. The number of thioether (sulfide) groups is 1. The van der Waals surface area contributed by atoms with Gasteiger partial charge in [-0.25, -0.2) is 0 Å². The lowest BCUT2D eigenvalue weighted by Crippen LogP contribution is -1.91. The van der Waals surface area contributed by atoms with E-state index in [-0.39, 0.29) is 0 Å². The highest BCUT2D eigenvalue weighted by Crippen LogP contribution is 2.29. The number of anilines is 1. The second-order valence-corrected chi connectivity index (χ2v) is 5.10. The van der Waals surface area contributed by atoms with Crippen molar-refractivity contribution in [2.24, 2.45) is 0 Å². The van der Waals surface area contributed by atoms with Crippen molar-refractivity contribution in [3.05, 3.63) is 59.2 Å². The third kappa shape index (κ3) is 2.85. The van der Waals surface area contributed by atoms with Gasteiger partial charge in [0.25, 0.3) is 0 Å². The molecule has 0 fully saturated rings. The average molecular weight is 254 g/mol. The Kier molecular flexibility index (Phi) is 3.91. The molecule has 18 heavy (non-hydrogen) atoms. The maximum atomic E-state index is 8.88. The quantitative estimate of drug-likeness (QED) is 0.670. The number of nitriles is 1. The second-order valence-electron chi connectivity index (χ2n) is 4.08. The van der Waals surface area contributed by atoms with E-state index in [2.05, 4.69) is 25.1 Å². The summed E-state index contributed by atoms with van der Waals surface area (Å²) in [5, 5.41) is 8.88. The van der Waals surface area contributed by atoms with Crippen LogP contribution in [0.5, 0.6) is 0 Å². The summed E-state index contributed by atoms with van der Waals surface area (Å²) >= 11 is 1.67. The Hall–Kier alpha value is -1.92. The maximum Gasteiger partial charge on any atom is 0.0992 e. The van der Waals surface area contributed by atoms with Crippen LogP contribution in [0, 0.1) is 18.3 Å². The van der Waals surface area contributed by atoms with Crippen molar-refractivity contribution in [3.8, 4) is 6.07 Å². The minimum absolute atomic E-state index is 0.650. The van der Waals surface area contributed by atoms with E-state index in [1.54, 1.807) is 23.9 Å². The number of nitrogens with zero attached hydrogens (tertiary/aromatic N) is 1. The molecule has 0 atom stereocenters. The number of rotatable bonds is 3. The molecule has 0 radical (unpaired) electrons. The molecule has 2 rings (SSSR count). The summed E-state index contributed by atoms with van der Waals surface area (Å²) in [4.78, 5) is 0.970. The summed E-state index contributed by atoms with van der Waals surface area (Å²) in [6.07, 6.45) is 0. The molecule has 0 aromatic heterocycles. The number of nitrogens with two attached hydrogens (primary N) is 1. The van der Waals surface area contributed by atoms with E-state index >= 15 is 0 Å². The van der Waals surface area contributed by atoms with Crippen LogP contribution in [-0.4, -0.2) is 0 Å². The van der Waals surface area contributed by atoms with Crippen molar-refractivity contribution in [1.29, 1.82) is 5.26 Å². The topological polar surface area (TPSA) is 49.8 Å². The summed E-state index contributed by atoms with van der Waals surface area (Å²) in [5.41, 5.74) is 9.87. The molecule has 0 saturated carbocycles. The fraction of sp³-hybridized carbons (Fsp3) is 0.133. The van der Waals surface area contributed by atoms with Crippen LogP contribution in [0.4, 0.5) is 5.69 Å². The Morgan fingerprint density at radius 3 is 2.72 bits per heavy atom. The molecule has 0 saturated heterocycles. The van der Waals surface area contributed by atoms with Crippen molar-refractivity contribution in [2.45, 2.75) is 17.6 Å². The monoisotopic (exact) mass is 254 g/mol. The van der Waals surface area contributed by atoms with Crippen LogP contribution in [0.2, 0.25) is 0 Å². The lowest BCUT2D eigenvalue weighted by Gasteiger charge is -2.07. The van der Waals surface area contributed by atoms with Gasteiger partial charge in [-0.15, -0.1) is 11.8 Å². The first-order valence-electron chi connectivity index (χ1n) is 5.67. The zero-order valence-corrected chi connectivity index (χ0v) is 11.0. The molecular formula is C15H14N2S. The normalized spacial score (nSPS) is 10.0. The van der Waals surface area contributed by atoms with Crippen LogP contribution in [0.3, 0.4) is 0 Å². The Morgan fingerprint density at radius 2 is 2.00 bits per heavy atom. The Balaban J connectivity index is 2.16. The van der Waals surface area contributed by atoms with E-state index in [9.17, 15) is 0 Å². The summed E-state index contributed by atoms with van der Waals surface area (Å²) in [6, 6.07) is 15.8. The van der Waals surface area contributed by atoms with Crippen LogP contribution in [0.15, 0.2) is 47.4 Å². The molecule has 0 aliphatic rings. The second kappa shape index (κ2) is 5.61. The molecule has 0 bridgehead atoms. The van der Waals surface area contributed by atoms with Crippen molar-refractivity contribution < 1.29 is 0 Å². The molecule has 0 heterocycles. The van der Waals surface area contributed by atoms with Crippen molar-refractivity contribution >= 4 is 17.4 Å². The van der Waals surface area contributed by atoms with E-state index in [4.69, 9.17) is 11.0 Å². The lowest BCUT2D eigenvalue weighted by atomic mass is 10.1.